The van der Waals surface area contributed by atoms with Gasteiger partial charge in [0.2, 0.25) is 0 Å². The van der Waals surface area contributed by atoms with Crippen molar-refractivity contribution in [3.63, 3.8) is 0 Å². The van der Waals surface area contributed by atoms with E-state index in [2.05, 4.69) is 4.72 Å². The quantitative estimate of drug-likeness (QED) is 0.941. The van der Waals surface area contributed by atoms with E-state index in [1.165, 1.54) is 12.1 Å². The summed E-state index contributed by atoms with van der Waals surface area (Å²) >= 11 is 6.03. The van der Waals surface area contributed by atoms with Crippen LogP contribution in [0.3, 0.4) is 0 Å². The van der Waals surface area contributed by atoms with Gasteiger partial charge in [-0.05, 0) is 42.8 Å². The van der Waals surface area contributed by atoms with Crippen molar-refractivity contribution in [1.29, 1.82) is 0 Å². The van der Waals surface area contributed by atoms with Gasteiger partial charge in [-0.2, -0.15) is 0 Å². The van der Waals surface area contributed by atoms with Crippen LogP contribution in [0.1, 0.15) is 5.56 Å². The smallest absolute Gasteiger partial charge is 0.261 e. The highest BCUT2D eigenvalue weighted by atomic mass is 35.5. The van der Waals surface area contributed by atoms with E-state index in [9.17, 15) is 12.8 Å². The Morgan fingerprint density at radius 2 is 1.74 bits per heavy atom. The van der Waals surface area contributed by atoms with Crippen LogP contribution in [0.15, 0.2) is 47.4 Å². The molecule has 0 aliphatic carbocycles. The zero-order valence-corrected chi connectivity index (χ0v) is 11.6. The molecule has 0 spiro atoms. The maximum Gasteiger partial charge on any atom is 0.261 e. The van der Waals surface area contributed by atoms with Crippen LogP contribution in [-0.4, -0.2) is 8.42 Å². The van der Waals surface area contributed by atoms with E-state index in [4.69, 9.17) is 11.6 Å². The molecule has 2 aromatic carbocycles. The number of hydrogen-bond acceptors (Lipinski definition) is 2. The van der Waals surface area contributed by atoms with Crippen LogP contribution in [0.4, 0.5) is 10.1 Å². The first-order valence-electron chi connectivity index (χ1n) is 5.43. The molecule has 0 atom stereocenters. The summed E-state index contributed by atoms with van der Waals surface area (Å²) in [6.45, 7) is 1.78. The monoisotopic (exact) mass is 299 g/mol. The molecule has 1 N–H and O–H groups in total. The van der Waals surface area contributed by atoms with E-state index in [0.29, 0.717) is 10.7 Å². The first-order valence-corrected chi connectivity index (χ1v) is 7.30. The van der Waals surface area contributed by atoms with Crippen molar-refractivity contribution in [3.05, 3.63) is 58.9 Å². The van der Waals surface area contributed by atoms with Crippen LogP contribution in [0.2, 0.25) is 5.02 Å². The molecule has 19 heavy (non-hydrogen) atoms. The van der Waals surface area contributed by atoms with Gasteiger partial charge in [-0.25, -0.2) is 12.8 Å². The van der Waals surface area contributed by atoms with Gasteiger partial charge in [-0.15, -0.1) is 0 Å². The van der Waals surface area contributed by atoms with Crippen molar-refractivity contribution in [2.45, 2.75) is 11.8 Å². The van der Waals surface area contributed by atoms with E-state index in [1.54, 1.807) is 25.1 Å². The SMILES string of the molecule is Cc1cccc(NS(=O)(=O)c2ccc(F)cc2)c1Cl. The number of anilines is 1. The summed E-state index contributed by atoms with van der Waals surface area (Å²) in [5.74, 6) is -0.493. The maximum atomic E-state index is 12.8. The van der Waals surface area contributed by atoms with Crippen LogP contribution >= 0.6 is 11.6 Å². The Kier molecular flexibility index (Phi) is 3.78. The molecule has 2 rings (SSSR count). The maximum absolute atomic E-state index is 12.8. The Morgan fingerprint density at radius 1 is 1.11 bits per heavy atom. The Hall–Kier alpha value is -1.59. The van der Waals surface area contributed by atoms with Crippen molar-refractivity contribution in [3.8, 4) is 0 Å². The van der Waals surface area contributed by atoms with Crippen molar-refractivity contribution in [2.75, 3.05) is 4.72 Å². The Morgan fingerprint density at radius 3 is 2.37 bits per heavy atom. The van der Waals surface area contributed by atoms with Crippen LogP contribution in [-0.2, 0) is 10.0 Å². The van der Waals surface area contributed by atoms with E-state index in [0.717, 1.165) is 17.7 Å². The molecule has 6 heteroatoms. The summed E-state index contributed by atoms with van der Waals surface area (Å²) in [6, 6.07) is 9.61. The fourth-order valence-corrected chi connectivity index (χ4v) is 2.84. The van der Waals surface area contributed by atoms with Crippen LogP contribution < -0.4 is 4.72 Å². The normalized spacial score (nSPS) is 11.3. The first-order chi connectivity index (χ1) is 8.90. The molecule has 0 saturated heterocycles. The summed E-state index contributed by atoms with van der Waals surface area (Å²) in [5, 5.41) is 0.341. The van der Waals surface area contributed by atoms with Gasteiger partial charge in [0.25, 0.3) is 10.0 Å². The second-order valence-corrected chi connectivity index (χ2v) is 6.06. The summed E-state index contributed by atoms with van der Waals surface area (Å²) in [6.07, 6.45) is 0. The van der Waals surface area contributed by atoms with Gasteiger partial charge in [-0.1, -0.05) is 23.7 Å². The zero-order chi connectivity index (χ0) is 14.0. The van der Waals surface area contributed by atoms with Crippen LogP contribution in [0.25, 0.3) is 0 Å². The molecular formula is C13H11ClFNO2S. The molecule has 0 saturated carbocycles. The number of halogens is 2. The summed E-state index contributed by atoms with van der Waals surface area (Å²) in [7, 11) is -3.77. The van der Waals surface area contributed by atoms with E-state index in [1.807, 2.05) is 0 Å². The lowest BCUT2D eigenvalue weighted by molar-refractivity contribution is 0.599. The van der Waals surface area contributed by atoms with Gasteiger partial charge >= 0.3 is 0 Å². The highest BCUT2D eigenvalue weighted by molar-refractivity contribution is 7.92. The molecule has 0 fully saturated rings. The Bertz CT molecular complexity index is 699. The lowest BCUT2D eigenvalue weighted by atomic mass is 10.2. The molecule has 0 bridgehead atoms. The molecule has 0 aromatic heterocycles. The highest BCUT2D eigenvalue weighted by Crippen LogP contribution is 2.27. The zero-order valence-electron chi connectivity index (χ0n) is 10.0. The third kappa shape index (κ3) is 3.05. The number of sulfonamides is 1. The van der Waals surface area contributed by atoms with Crippen molar-refractivity contribution in [1.82, 2.24) is 0 Å². The van der Waals surface area contributed by atoms with Crippen molar-refractivity contribution < 1.29 is 12.8 Å². The van der Waals surface area contributed by atoms with Gasteiger partial charge in [0, 0.05) is 0 Å². The largest absolute Gasteiger partial charge is 0.278 e. The number of aryl methyl sites for hydroxylation is 1. The Labute approximate surface area is 116 Å². The lowest BCUT2D eigenvalue weighted by Gasteiger charge is -2.10. The number of benzene rings is 2. The first kappa shape index (κ1) is 13.8. The van der Waals surface area contributed by atoms with Crippen molar-refractivity contribution in [2.24, 2.45) is 0 Å². The second-order valence-electron chi connectivity index (χ2n) is 4.00. The van der Waals surface area contributed by atoms with E-state index in [-0.39, 0.29) is 4.90 Å². The fourth-order valence-electron chi connectivity index (χ4n) is 1.54. The average Bonchev–Trinajstić information content (AvgIpc) is 2.35. The summed E-state index contributed by atoms with van der Waals surface area (Å²) < 4.78 is 39.3. The third-order valence-corrected chi connectivity index (χ3v) is 4.44. The van der Waals surface area contributed by atoms with Crippen LogP contribution in [0.5, 0.6) is 0 Å². The second kappa shape index (κ2) is 5.19. The third-order valence-electron chi connectivity index (χ3n) is 2.56. The lowest BCUT2D eigenvalue weighted by Crippen LogP contribution is -2.13. The molecule has 0 aliphatic rings. The van der Waals surface area contributed by atoms with Gasteiger partial charge in [0.1, 0.15) is 5.82 Å². The molecule has 0 amide bonds. The van der Waals surface area contributed by atoms with Crippen LogP contribution in [0, 0.1) is 12.7 Å². The summed E-state index contributed by atoms with van der Waals surface area (Å²) in [4.78, 5) is -0.0218. The molecule has 2 aromatic rings. The minimum atomic E-state index is -3.77. The molecule has 100 valence electrons. The van der Waals surface area contributed by atoms with E-state index < -0.39 is 15.8 Å². The molecule has 0 radical (unpaired) electrons. The fraction of sp³-hybridized carbons (Fsp3) is 0.0769. The molecule has 0 aliphatic heterocycles. The number of hydrogen-bond donors (Lipinski definition) is 1. The minimum Gasteiger partial charge on any atom is -0.278 e. The van der Waals surface area contributed by atoms with E-state index >= 15 is 0 Å². The van der Waals surface area contributed by atoms with Gasteiger partial charge in [0.15, 0.2) is 0 Å². The topological polar surface area (TPSA) is 46.2 Å². The predicted octanol–water partition coefficient (Wildman–Crippen LogP) is 3.59. The molecule has 0 heterocycles. The number of nitrogens with one attached hydrogen (secondary N) is 1. The summed E-state index contributed by atoms with van der Waals surface area (Å²) in [5.41, 5.74) is 1.06. The minimum absolute atomic E-state index is 0.0218. The highest BCUT2D eigenvalue weighted by Gasteiger charge is 2.16. The number of rotatable bonds is 3. The Balaban J connectivity index is 2.36. The standard InChI is InChI=1S/C13H11ClFNO2S/c1-9-3-2-4-12(13(9)14)16-19(17,18)11-7-5-10(15)6-8-11/h2-8,16H,1H3. The predicted molar refractivity (Wildman–Crippen MR) is 73.4 cm³/mol. The molecular weight excluding hydrogens is 289 g/mol. The van der Waals surface area contributed by atoms with Gasteiger partial charge in [0.05, 0.1) is 15.6 Å². The van der Waals surface area contributed by atoms with Gasteiger partial charge in [-0.3, -0.25) is 4.72 Å². The van der Waals surface area contributed by atoms with Gasteiger partial charge < -0.3 is 0 Å². The molecule has 0 unspecified atom stereocenters. The average molecular weight is 300 g/mol. The molecule has 3 nitrogen and oxygen atoms in total. The van der Waals surface area contributed by atoms with Crippen molar-refractivity contribution >= 4 is 27.3 Å².